The molecule has 45 heavy (non-hydrogen) atoms. The average Bonchev–Trinajstić information content (AvgIpc) is 3.51. The average molecular weight is 632 g/mol. The normalized spacial score (nSPS) is 12.3. The van der Waals surface area contributed by atoms with E-state index in [1.54, 1.807) is 48.8 Å². The van der Waals surface area contributed by atoms with Crippen molar-refractivity contribution in [2.45, 2.75) is 31.6 Å². The minimum Gasteiger partial charge on any atom is -0.493 e. The summed E-state index contributed by atoms with van der Waals surface area (Å²) in [7, 11) is 4.47. The number of aryl methyl sites for hydroxylation is 2. The Morgan fingerprint density at radius 2 is 1.67 bits per heavy atom. The molecule has 0 unspecified atom stereocenters. The van der Waals surface area contributed by atoms with E-state index in [2.05, 4.69) is 20.3 Å². The van der Waals surface area contributed by atoms with Gasteiger partial charge >= 0.3 is 0 Å². The highest BCUT2D eigenvalue weighted by Crippen LogP contribution is 2.42. The highest BCUT2D eigenvalue weighted by atomic mass is 32.2. The van der Waals surface area contributed by atoms with Crippen LogP contribution >= 0.6 is 11.8 Å². The van der Waals surface area contributed by atoms with Gasteiger partial charge in [0.1, 0.15) is 6.04 Å². The molecule has 0 aliphatic carbocycles. The van der Waals surface area contributed by atoms with Crippen molar-refractivity contribution in [2.24, 2.45) is 0 Å². The number of rotatable bonds is 12. The molecule has 1 aliphatic heterocycles. The zero-order chi connectivity index (χ0) is 31.9. The van der Waals surface area contributed by atoms with Crippen molar-refractivity contribution in [2.75, 3.05) is 39.2 Å². The van der Waals surface area contributed by atoms with Gasteiger partial charge in [-0.2, -0.15) is 0 Å². The van der Waals surface area contributed by atoms with Crippen molar-refractivity contribution >= 4 is 29.3 Å². The Balaban J connectivity index is 1.57. The number of carbonyl (C=O) groups excluding carboxylic acids is 2. The van der Waals surface area contributed by atoms with Crippen molar-refractivity contribution < 1.29 is 33.3 Å². The number of carbonyl (C=O) groups is 2. The Morgan fingerprint density at radius 3 is 2.31 bits per heavy atom. The summed E-state index contributed by atoms with van der Waals surface area (Å²) in [6.45, 7) is 3.92. The first-order valence-corrected chi connectivity index (χ1v) is 14.9. The molecule has 13 heteroatoms. The standard InChI is InChI=1S/C32H33N5O7S/c1-19-11-20(2)35-32(34-19)45-17-28(38)37(16-21-7-6-10-33-15-21)29(22-12-26(40-3)30(42-5)27(13-22)41-4)31(39)36-23-8-9-24-25(14-23)44-18-43-24/h6-15,29H,16-18H2,1-5H3,(H,36,39)/t29-/m1/s1. The first-order valence-electron chi connectivity index (χ1n) is 13.9. The number of anilines is 1. The van der Waals surface area contributed by atoms with Gasteiger partial charge in [-0.3, -0.25) is 14.6 Å². The molecular weight excluding hydrogens is 598 g/mol. The molecule has 12 nitrogen and oxygen atoms in total. The van der Waals surface area contributed by atoms with Crippen LogP contribution in [-0.4, -0.2) is 65.5 Å². The first kappa shape index (κ1) is 31.4. The molecule has 0 spiro atoms. The summed E-state index contributed by atoms with van der Waals surface area (Å²) in [6, 6.07) is 12.8. The van der Waals surface area contributed by atoms with Crippen molar-refractivity contribution in [1.82, 2.24) is 19.9 Å². The molecule has 0 saturated heterocycles. The molecule has 0 radical (unpaired) electrons. The van der Waals surface area contributed by atoms with Crippen molar-refractivity contribution in [3.63, 3.8) is 0 Å². The van der Waals surface area contributed by atoms with E-state index in [-0.39, 0.29) is 25.0 Å². The number of hydrogen-bond acceptors (Lipinski definition) is 11. The number of pyridine rings is 1. The molecule has 2 aromatic heterocycles. The van der Waals surface area contributed by atoms with Gasteiger partial charge in [0.05, 0.1) is 27.1 Å². The molecule has 4 aromatic rings. The molecule has 5 rings (SSSR count). The Bertz CT molecular complexity index is 1640. The van der Waals surface area contributed by atoms with E-state index in [9.17, 15) is 9.59 Å². The van der Waals surface area contributed by atoms with E-state index in [1.165, 1.54) is 38.0 Å². The number of amides is 2. The quantitative estimate of drug-likeness (QED) is 0.172. The summed E-state index contributed by atoms with van der Waals surface area (Å²) >= 11 is 1.20. The summed E-state index contributed by atoms with van der Waals surface area (Å²) in [5, 5.41) is 3.42. The fourth-order valence-electron chi connectivity index (χ4n) is 4.90. The van der Waals surface area contributed by atoms with E-state index in [0.717, 1.165) is 17.0 Å². The van der Waals surface area contributed by atoms with E-state index >= 15 is 0 Å². The maximum absolute atomic E-state index is 14.3. The van der Waals surface area contributed by atoms with Crippen molar-refractivity contribution in [3.05, 3.63) is 83.4 Å². The highest BCUT2D eigenvalue weighted by molar-refractivity contribution is 7.99. The van der Waals surface area contributed by atoms with Crippen LogP contribution in [0.3, 0.4) is 0 Å². The van der Waals surface area contributed by atoms with Gasteiger partial charge in [-0.05, 0) is 61.4 Å². The number of fused-ring (bicyclic) bond motifs is 1. The lowest BCUT2D eigenvalue weighted by atomic mass is 10.0. The van der Waals surface area contributed by atoms with Crippen LogP contribution in [0.2, 0.25) is 0 Å². The van der Waals surface area contributed by atoms with Gasteiger partial charge in [0.2, 0.25) is 18.4 Å². The molecule has 0 bridgehead atoms. The summed E-state index contributed by atoms with van der Waals surface area (Å²) in [4.78, 5) is 43.1. The smallest absolute Gasteiger partial charge is 0.251 e. The third-order valence-corrected chi connectivity index (χ3v) is 7.72. The third kappa shape index (κ3) is 7.37. The first-order chi connectivity index (χ1) is 21.8. The van der Waals surface area contributed by atoms with Gasteiger partial charge in [-0.1, -0.05) is 17.8 Å². The number of nitrogens with one attached hydrogen (secondary N) is 1. The second-order valence-electron chi connectivity index (χ2n) is 10.0. The monoisotopic (exact) mass is 631 g/mol. The van der Waals surface area contributed by atoms with Crippen LogP contribution in [0.1, 0.15) is 28.6 Å². The van der Waals surface area contributed by atoms with Gasteiger partial charge < -0.3 is 33.9 Å². The molecule has 1 aliphatic rings. The lowest BCUT2D eigenvalue weighted by Gasteiger charge is -2.32. The maximum atomic E-state index is 14.3. The minimum atomic E-state index is -1.14. The summed E-state index contributed by atoms with van der Waals surface area (Å²) in [5.74, 6) is 1.27. The highest BCUT2D eigenvalue weighted by Gasteiger charge is 2.34. The van der Waals surface area contributed by atoms with Gasteiger partial charge in [0.15, 0.2) is 28.2 Å². The van der Waals surface area contributed by atoms with Crippen molar-refractivity contribution in [1.29, 1.82) is 0 Å². The molecule has 1 atom stereocenters. The zero-order valence-electron chi connectivity index (χ0n) is 25.5. The SMILES string of the molecule is COc1cc([C@H](C(=O)Nc2ccc3c(c2)OCO3)N(Cc2cccnc2)C(=O)CSc2nc(C)cc(C)n2)cc(OC)c1OC. The van der Waals surface area contributed by atoms with Crippen LogP contribution in [0.5, 0.6) is 28.7 Å². The fourth-order valence-corrected chi connectivity index (χ4v) is 5.73. The lowest BCUT2D eigenvalue weighted by molar-refractivity contribution is -0.137. The molecular formula is C32H33N5O7S. The number of thioether (sulfide) groups is 1. The molecule has 0 saturated carbocycles. The molecule has 3 heterocycles. The second-order valence-corrected chi connectivity index (χ2v) is 11.0. The van der Waals surface area contributed by atoms with E-state index in [0.29, 0.717) is 45.2 Å². The number of hydrogen-bond donors (Lipinski definition) is 1. The number of aromatic nitrogens is 3. The molecule has 0 fully saturated rings. The molecule has 2 amide bonds. The molecule has 1 N–H and O–H groups in total. The van der Waals surface area contributed by atoms with Gasteiger partial charge in [-0.25, -0.2) is 9.97 Å². The topological polar surface area (TPSA) is 134 Å². The minimum absolute atomic E-state index is 0.0264. The predicted octanol–water partition coefficient (Wildman–Crippen LogP) is 4.74. The fraction of sp³-hybridized carbons (Fsp3) is 0.281. The largest absolute Gasteiger partial charge is 0.493 e. The van der Waals surface area contributed by atoms with Crippen LogP contribution in [0, 0.1) is 13.8 Å². The Morgan fingerprint density at radius 1 is 0.956 bits per heavy atom. The van der Waals surface area contributed by atoms with E-state index < -0.39 is 11.9 Å². The Hall–Kier alpha value is -5.04. The van der Waals surface area contributed by atoms with E-state index in [4.69, 9.17) is 23.7 Å². The van der Waals surface area contributed by atoms with Crippen molar-refractivity contribution in [3.8, 4) is 28.7 Å². The second kappa shape index (κ2) is 14.2. The van der Waals surface area contributed by atoms with Crippen LogP contribution in [0.25, 0.3) is 0 Å². The lowest BCUT2D eigenvalue weighted by Crippen LogP contribution is -2.42. The summed E-state index contributed by atoms with van der Waals surface area (Å²) in [5.41, 5.74) is 3.22. The maximum Gasteiger partial charge on any atom is 0.251 e. The predicted molar refractivity (Wildman–Crippen MR) is 167 cm³/mol. The van der Waals surface area contributed by atoms with Gasteiger partial charge in [0, 0.05) is 42.1 Å². The Labute approximate surface area is 265 Å². The van der Waals surface area contributed by atoms with Gasteiger partial charge in [0.25, 0.3) is 5.91 Å². The van der Waals surface area contributed by atoms with Crippen LogP contribution in [-0.2, 0) is 16.1 Å². The number of nitrogens with zero attached hydrogens (tertiary/aromatic N) is 4. The van der Waals surface area contributed by atoms with Gasteiger partial charge in [-0.15, -0.1) is 0 Å². The number of methoxy groups -OCH3 is 3. The summed E-state index contributed by atoms with van der Waals surface area (Å²) < 4.78 is 27.6. The zero-order valence-corrected chi connectivity index (χ0v) is 26.3. The number of benzene rings is 2. The van der Waals surface area contributed by atoms with Crippen LogP contribution in [0.4, 0.5) is 5.69 Å². The van der Waals surface area contributed by atoms with Crippen LogP contribution < -0.4 is 29.0 Å². The number of ether oxygens (including phenoxy) is 5. The molecule has 2 aromatic carbocycles. The third-order valence-electron chi connectivity index (χ3n) is 6.89. The summed E-state index contributed by atoms with van der Waals surface area (Å²) in [6.07, 6.45) is 3.30. The van der Waals surface area contributed by atoms with Crippen LogP contribution in [0.15, 0.2) is 66.1 Å². The molecule has 234 valence electrons. The van der Waals surface area contributed by atoms with E-state index in [1.807, 2.05) is 26.0 Å². The Kier molecular flexibility index (Phi) is 9.88.